The fourth-order valence-corrected chi connectivity index (χ4v) is 2.62. The van der Waals surface area contributed by atoms with E-state index in [1.165, 1.54) is 13.2 Å². The molecule has 0 spiro atoms. The van der Waals surface area contributed by atoms with Crippen molar-refractivity contribution in [3.63, 3.8) is 0 Å². The smallest absolute Gasteiger partial charge is 0.242 e. The van der Waals surface area contributed by atoms with Crippen LogP contribution < -0.4 is 10.5 Å². The van der Waals surface area contributed by atoms with Crippen LogP contribution in [-0.2, 0) is 14.8 Å². The number of nitrogen functional groups attached to an aromatic ring is 1. The Hall–Kier alpha value is -0.630. The van der Waals surface area contributed by atoms with Gasteiger partial charge in [0.15, 0.2) is 0 Å². The number of sulfonamides is 1. The van der Waals surface area contributed by atoms with Crippen molar-refractivity contribution < 1.29 is 13.2 Å². The number of hydrogen-bond donors (Lipinski definition) is 2. The zero-order valence-corrected chi connectivity index (χ0v) is 11.1. The maximum atomic E-state index is 11.8. The van der Waals surface area contributed by atoms with Gasteiger partial charge in [0.05, 0.1) is 12.3 Å². The van der Waals surface area contributed by atoms with Crippen molar-refractivity contribution >= 4 is 31.6 Å². The van der Waals surface area contributed by atoms with Crippen LogP contribution in [-0.4, -0.2) is 28.7 Å². The lowest BCUT2D eigenvalue weighted by atomic mass is 10.3. The third-order valence-electron chi connectivity index (χ3n) is 1.86. The van der Waals surface area contributed by atoms with Gasteiger partial charge < -0.3 is 10.5 Å². The zero-order valence-electron chi connectivity index (χ0n) is 8.73. The van der Waals surface area contributed by atoms with Crippen LogP contribution >= 0.6 is 15.9 Å². The van der Waals surface area contributed by atoms with Crippen molar-refractivity contribution in [2.45, 2.75) is 4.90 Å². The fourth-order valence-electron chi connectivity index (χ4n) is 1.12. The molecule has 90 valence electrons. The van der Waals surface area contributed by atoms with Gasteiger partial charge in [-0.1, -0.05) is 15.9 Å². The molecule has 0 aliphatic carbocycles. The van der Waals surface area contributed by atoms with Crippen LogP contribution in [0, 0.1) is 0 Å². The molecule has 0 amide bonds. The van der Waals surface area contributed by atoms with Gasteiger partial charge in [-0.15, -0.1) is 0 Å². The summed E-state index contributed by atoms with van der Waals surface area (Å²) < 4.78 is 31.4. The molecular weight excluding hydrogens is 296 g/mol. The first kappa shape index (κ1) is 13.4. The average molecular weight is 309 g/mol. The Morgan fingerprint density at radius 1 is 1.50 bits per heavy atom. The molecule has 0 bridgehead atoms. The van der Waals surface area contributed by atoms with Crippen molar-refractivity contribution in [1.82, 2.24) is 4.72 Å². The van der Waals surface area contributed by atoms with Gasteiger partial charge in [0.1, 0.15) is 4.90 Å². The van der Waals surface area contributed by atoms with E-state index in [2.05, 4.69) is 20.7 Å². The number of hydrogen-bond acceptors (Lipinski definition) is 4. The Balaban J connectivity index is 2.90. The van der Waals surface area contributed by atoms with E-state index in [-0.39, 0.29) is 17.1 Å². The summed E-state index contributed by atoms with van der Waals surface area (Å²) in [6.07, 6.45) is 0. The van der Waals surface area contributed by atoms with E-state index in [1.807, 2.05) is 0 Å². The molecule has 0 fully saturated rings. The monoisotopic (exact) mass is 308 g/mol. The van der Waals surface area contributed by atoms with Gasteiger partial charge in [-0.3, -0.25) is 0 Å². The predicted octanol–water partition coefficient (Wildman–Crippen LogP) is 0.956. The average Bonchev–Trinajstić information content (AvgIpc) is 2.17. The van der Waals surface area contributed by atoms with E-state index in [0.717, 1.165) is 4.47 Å². The fraction of sp³-hybridized carbons (Fsp3) is 0.333. The first-order chi connectivity index (χ1) is 7.47. The summed E-state index contributed by atoms with van der Waals surface area (Å²) in [7, 11) is -2.05. The number of rotatable bonds is 5. The number of methoxy groups -OCH3 is 1. The van der Waals surface area contributed by atoms with Gasteiger partial charge in [-0.05, 0) is 18.2 Å². The van der Waals surface area contributed by atoms with Gasteiger partial charge in [-0.2, -0.15) is 0 Å². The largest absolute Gasteiger partial charge is 0.398 e. The van der Waals surface area contributed by atoms with E-state index in [1.54, 1.807) is 12.1 Å². The number of halogens is 1. The van der Waals surface area contributed by atoms with Crippen LogP contribution in [0.3, 0.4) is 0 Å². The molecule has 0 aromatic heterocycles. The zero-order chi connectivity index (χ0) is 12.2. The summed E-state index contributed by atoms with van der Waals surface area (Å²) in [4.78, 5) is 0.0757. The van der Waals surface area contributed by atoms with Crippen molar-refractivity contribution in [1.29, 1.82) is 0 Å². The van der Waals surface area contributed by atoms with Crippen LogP contribution in [0.2, 0.25) is 0 Å². The highest BCUT2D eigenvalue weighted by atomic mass is 79.9. The van der Waals surface area contributed by atoms with Crippen LogP contribution in [0.4, 0.5) is 5.69 Å². The third-order valence-corrected chi connectivity index (χ3v) is 3.89. The Kier molecular flexibility index (Phi) is 4.72. The van der Waals surface area contributed by atoms with E-state index in [4.69, 9.17) is 10.5 Å². The summed E-state index contributed by atoms with van der Waals surface area (Å²) in [5.41, 5.74) is 5.84. The number of nitrogens with two attached hydrogens (primary N) is 1. The minimum atomic E-state index is -3.56. The lowest BCUT2D eigenvalue weighted by Crippen LogP contribution is -2.27. The molecule has 0 unspecified atom stereocenters. The maximum Gasteiger partial charge on any atom is 0.242 e. The molecule has 0 saturated carbocycles. The van der Waals surface area contributed by atoms with E-state index in [0.29, 0.717) is 6.61 Å². The quantitative estimate of drug-likeness (QED) is 0.627. The highest BCUT2D eigenvalue weighted by Gasteiger charge is 2.16. The Morgan fingerprint density at radius 2 is 2.19 bits per heavy atom. The second-order valence-electron chi connectivity index (χ2n) is 3.07. The molecule has 0 saturated heterocycles. The van der Waals surface area contributed by atoms with Crippen LogP contribution in [0.5, 0.6) is 0 Å². The van der Waals surface area contributed by atoms with Gasteiger partial charge in [-0.25, -0.2) is 13.1 Å². The SMILES string of the molecule is COCCNS(=O)(=O)c1ccc(Br)cc1N. The van der Waals surface area contributed by atoms with Crippen LogP contribution in [0.25, 0.3) is 0 Å². The van der Waals surface area contributed by atoms with Gasteiger partial charge in [0, 0.05) is 18.1 Å². The second-order valence-corrected chi connectivity index (χ2v) is 5.72. The Bertz CT molecular complexity index is 462. The first-order valence-corrected chi connectivity index (χ1v) is 6.78. The minimum absolute atomic E-state index is 0.0757. The molecule has 0 aliphatic heterocycles. The molecular formula is C9H13BrN2O3S. The van der Waals surface area contributed by atoms with E-state index < -0.39 is 10.0 Å². The van der Waals surface area contributed by atoms with Gasteiger partial charge >= 0.3 is 0 Å². The lowest BCUT2D eigenvalue weighted by molar-refractivity contribution is 0.204. The van der Waals surface area contributed by atoms with Gasteiger partial charge in [0.25, 0.3) is 0 Å². The van der Waals surface area contributed by atoms with Gasteiger partial charge in [0.2, 0.25) is 10.0 Å². The first-order valence-electron chi connectivity index (χ1n) is 4.51. The van der Waals surface area contributed by atoms with Crippen molar-refractivity contribution in [2.75, 3.05) is 26.0 Å². The maximum absolute atomic E-state index is 11.8. The molecule has 0 atom stereocenters. The third kappa shape index (κ3) is 3.44. The summed E-state index contributed by atoms with van der Waals surface area (Å²) in [6, 6.07) is 4.63. The minimum Gasteiger partial charge on any atom is -0.398 e. The highest BCUT2D eigenvalue weighted by Crippen LogP contribution is 2.22. The normalized spacial score (nSPS) is 11.6. The molecule has 1 aromatic carbocycles. The summed E-state index contributed by atoms with van der Waals surface area (Å²) in [5, 5.41) is 0. The van der Waals surface area contributed by atoms with E-state index >= 15 is 0 Å². The Labute approximate surface area is 103 Å². The molecule has 5 nitrogen and oxygen atoms in total. The second kappa shape index (κ2) is 5.62. The molecule has 0 radical (unpaired) electrons. The molecule has 7 heteroatoms. The van der Waals surface area contributed by atoms with Crippen LogP contribution in [0.1, 0.15) is 0 Å². The van der Waals surface area contributed by atoms with Crippen molar-refractivity contribution in [2.24, 2.45) is 0 Å². The summed E-state index contributed by atoms with van der Waals surface area (Å²) >= 11 is 3.21. The van der Waals surface area contributed by atoms with Crippen LogP contribution in [0.15, 0.2) is 27.6 Å². The molecule has 0 aliphatic rings. The number of benzene rings is 1. The number of anilines is 1. The standard InChI is InChI=1S/C9H13BrN2O3S/c1-15-5-4-12-16(13,14)9-3-2-7(10)6-8(9)11/h2-3,6,12H,4-5,11H2,1H3. The van der Waals surface area contributed by atoms with E-state index in [9.17, 15) is 8.42 Å². The molecule has 0 heterocycles. The Morgan fingerprint density at radius 3 is 2.75 bits per heavy atom. The topological polar surface area (TPSA) is 81.4 Å². The summed E-state index contributed by atoms with van der Waals surface area (Å²) in [5.74, 6) is 0. The predicted molar refractivity (Wildman–Crippen MR) is 65.6 cm³/mol. The van der Waals surface area contributed by atoms with Crippen molar-refractivity contribution in [3.8, 4) is 0 Å². The number of ether oxygens (including phenoxy) is 1. The molecule has 3 N–H and O–H groups in total. The number of nitrogens with one attached hydrogen (secondary N) is 1. The summed E-state index contributed by atoms with van der Waals surface area (Å²) in [6.45, 7) is 0.532. The van der Waals surface area contributed by atoms with Crippen molar-refractivity contribution in [3.05, 3.63) is 22.7 Å². The highest BCUT2D eigenvalue weighted by molar-refractivity contribution is 9.10. The molecule has 1 aromatic rings. The molecule has 16 heavy (non-hydrogen) atoms. The lowest BCUT2D eigenvalue weighted by Gasteiger charge is -2.08. The molecule has 1 rings (SSSR count).